The Bertz CT molecular complexity index is 748. The first-order valence-electron chi connectivity index (χ1n) is 10.6. The minimum absolute atomic E-state index is 0. The fourth-order valence-electron chi connectivity index (χ4n) is 3.42. The summed E-state index contributed by atoms with van der Waals surface area (Å²) < 4.78 is 5.91. The smallest absolute Gasteiger partial charge is 0.191 e. The van der Waals surface area contributed by atoms with E-state index in [0.29, 0.717) is 13.2 Å². The second kappa shape index (κ2) is 13.4. The van der Waals surface area contributed by atoms with E-state index in [-0.39, 0.29) is 30.1 Å². The minimum Gasteiger partial charge on any atom is -0.374 e. The second-order valence-electron chi connectivity index (χ2n) is 7.35. The molecule has 1 atom stereocenters. The van der Waals surface area contributed by atoms with Crippen LogP contribution in [0.4, 0.5) is 5.82 Å². The van der Waals surface area contributed by atoms with Crippen LogP contribution in [0, 0.1) is 0 Å². The van der Waals surface area contributed by atoms with E-state index in [1.807, 2.05) is 24.4 Å². The van der Waals surface area contributed by atoms with Gasteiger partial charge in [0.15, 0.2) is 5.96 Å². The van der Waals surface area contributed by atoms with E-state index < -0.39 is 0 Å². The van der Waals surface area contributed by atoms with Gasteiger partial charge in [0.05, 0.1) is 6.10 Å². The van der Waals surface area contributed by atoms with Gasteiger partial charge in [-0.2, -0.15) is 0 Å². The van der Waals surface area contributed by atoms with E-state index in [0.717, 1.165) is 43.4 Å². The SMILES string of the molecule is CN=C(NCCCOC(C)c1ccccc1)NCc1ccc(N2CCCC2)nc1.I. The normalized spacial score (nSPS) is 14.9. The summed E-state index contributed by atoms with van der Waals surface area (Å²) >= 11 is 0. The van der Waals surface area contributed by atoms with Crippen LogP contribution >= 0.6 is 24.0 Å². The molecule has 0 radical (unpaired) electrons. The molecular formula is C23H34IN5O. The highest BCUT2D eigenvalue weighted by atomic mass is 127. The maximum Gasteiger partial charge on any atom is 0.191 e. The van der Waals surface area contributed by atoms with Gasteiger partial charge >= 0.3 is 0 Å². The molecule has 0 spiro atoms. The Balaban J connectivity index is 0.00000320. The number of halogens is 1. The number of aromatic nitrogens is 1. The Morgan fingerprint density at radius 2 is 1.90 bits per heavy atom. The van der Waals surface area contributed by atoms with Gasteiger partial charge in [0.25, 0.3) is 0 Å². The van der Waals surface area contributed by atoms with Crippen LogP contribution in [-0.2, 0) is 11.3 Å². The summed E-state index contributed by atoms with van der Waals surface area (Å²) in [6, 6.07) is 14.6. The second-order valence-corrected chi connectivity index (χ2v) is 7.35. The number of nitrogens with zero attached hydrogens (tertiary/aromatic N) is 3. The summed E-state index contributed by atoms with van der Waals surface area (Å²) in [6.45, 7) is 6.56. The molecular weight excluding hydrogens is 489 g/mol. The molecule has 30 heavy (non-hydrogen) atoms. The lowest BCUT2D eigenvalue weighted by molar-refractivity contribution is 0.0646. The number of rotatable bonds is 9. The molecule has 1 fully saturated rings. The summed E-state index contributed by atoms with van der Waals surface area (Å²) in [5.41, 5.74) is 2.36. The number of hydrogen-bond donors (Lipinski definition) is 2. The number of hydrogen-bond acceptors (Lipinski definition) is 4. The van der Waals surface area contributed by atoms with E-state index in [9.17, 15) is 0 Å². The Hall–Kier alpha value is -1.87. The van der Waals surface area contributed by atoms with Gasteiger partial charge < -0.3 is 20.3 Å². The van der Waals surface area contributed by atoms with Gasteiger partial charge in [-0.25, -0.2) is 4.98 Å². The number of benzene rings is 1. The number of guanidine groups is 1. The number of pyridine rings is 1. The summed E-state index contributed by atoms with van der Waals surface area (Å²) in [4.78, 5) is 11.2. The highest BCUT2D eigenvalue weighted by Crippen LogP contribution is 2.17. The van der Waals surface area contributed by atoms with E-state index in [1.54, 1.807) is 7.05 Å². The van der Waals surface area contributed by atoms with Gasteiger partial charge in [0.2, 0.25) is 0 Å². The fraction of sp³-hybridized carbons (Fsp3) is 0.478. The average molecular weight is 523 g/mol. The first-order chi connectivity index (χ1) is 14.3. The lowest BCUT2D eigenvalue weighted by Gasteiger charge is -2.17. The van der Waals surface area contributed by atoms with Crippen LogP contribution in [0.1, 0.15) is 43.4 Å². The van der Waals surface area contributed by atoms with Gasteiger partial charge in [-0.3, -0.25) is 4.99 Å². The zero-order chi connectivity index (χ0) is 20.3. The van der Waals surface area contributed by atoms with E-state index >= 15 is 0 Å². The van der Waals surface area contributed by atoms with Gasteiger partial charge in [0, 0.05) is 46.0 Å². The lowest BCUT2D eigenvalue weighted by Crippen LogP contribution is -2.37. The predicted octanol–water partition coefficient (Wildman–Crippen LogP) is 4.13. The molecule has 1 unspecified atom stereocenters. The van der Waals surface area contributed by atoms with Crippen LogP contribution in [0.15, 0.2) is 53.7 Å². The quantitative estimate of drug-likeness (QED) is 0.224. The third kappa shape index (κ3) is 7.75. The van der Waals surface area contributed by atoms with Crippen molar-refractivity contribution < 1.29 is 4.74 Å². The summed E-state index contributed by atoms with van der Waals surface area (Å²) in [5, 5.41) is 6.68. The zero-order valence-electron chi connectivity index (χ0n) is 18.0. The Labute approximate surface area is 197 Å². The maximum absolute atomic E-state index is 5.91. The largest absolute Gasteiger partial charge is 0.374 e. The Morgan fingerprint density at radius 3 is 2.57 bits per heavy atom. The molecule has 1 aliphatic heterocycles. The minimum atomic E-state index is 0. The van der Waals surface area contributed by atoms with Gasteiger partial charge in [-0.05, 0) is 43.4 Å². The van der Waals surface area contributed by atoms with Crippen molar-refractivity contribution in [3.8, 4) is 0 Å². The lowest BCUT2D eigenvalue weighted by atomic mass is 10.1. The van der Waals surface area contributed by atoms with Crippen LogP contribution in [-0.4, -0.2) is 44.2 Å². The van der Waals surface area contributed by atoms with Crippen molar-refractivity contribution in [2.24, 2.45) is 4.99 Å². The third-order valence-corrected chi connectivity index (χ3v) is 5.17. The van der Waals surface area contributed by atoms with Gasteiger partial charge in [-0.1, -0.05) is 36.4 Å². The number of ether oxygens (including phenoxy) is 1. The number of aliphatic imine (C=N–C) groups is 1. The van der Waals surface area contributed by atoms with Crippen LogP contribution in [0.25, 0.3) is 0 Å². The van der Waals surface area contributed by atoms with Crippen molar-refractivity contribution in [2.45, 2.75) is 38.8 Å². The molecule has 0 bridgehead atoms. The fourth-order valence-corrected chi connectivity index (χ4v) is 3.42. The molecule has 2 heterocycles. The van der Waals surface area contributed by atoms with Crippen LogP contribution in [0.2, 0.25) is 0 Å². The summed E-state index contributed by atoms with van der Waals surface area (Å²) in [5.74, 6) is 1.88. The third-order valence-electron chi connectivity index (χ3n) is 5.17. The van der Waals surface area contributed by atoms with Crippen molar-refractivity contribution in [1.29, 1.82) is 0 Å². The molecule has 1 aliphatic rings. The monoisotopic (exact) mass is 523 g/mol. The highest BCUT2D eigenvalue weighted by Gasteiger charge is 2.13. The molecule has 164 valence electrons. The Morgan fingerprint density at radius 1 is 1.13 bits per heavy atom. The standard InChI is InChI=1S/C23H33N5O.HI/c1-19(21-9-4-3-5-10-21)29-16-8-13-25-23(24-2)27-18-20-11-12-22(26-17-20)28-14-6-7-15-28;/h3-5,9-12,17,19H,6-8,13-16,18H2,1-2H3,(H2,24,25,27);1H. The molecule has 1 aromatic heterocycles. The van der Waals surface area contributed by atoms with Gasteiger partial charge in [-0.15, -0.1) is 24.0 Å². The van der Waals surface area contributed by atoms with Gasteiger partial charge in [0.1, 0.15) is 5.82 Å². The summed E-state index contributed by atoms with van der Waals surface area (Å²) in [6.07, 6.45) is 5.52. The van der Waals surface area contributed by atoms with Crippen molar-refractivity contribution >= 4 is 35.8 Å². The van der Waals surface area contributed by atoms with Crippen LogP contribution in [0.5, 0.6) is 0 Å². The first kappa shape index (κ1) is 24.4. The number of nitrogens with one attached hydrogen (secondary N) is 2. The summed E-state index contributed by atoms with van der Waals surface area (Å²) in [7, 11) is 1.79. The van der Waals surface area contributed by atoms with Crippen molar-refractivity contribution in [3.05, 3.63) is 59.8 Å². The Kier molecular flexibility index (Phi) is 10.9. The molecule has 0 saturated carbocycles. The topological polar surface area (TPSA) is 61.8 Å². The molecule has 2 N–H and O–H groups in total. The van der Waals surface area contributed by atoms with E-state index in [1.165, 1.54) is 18.4 Å². The molecule has 1 aromatic carbocycles. The van der Waals surface area contributed by atoms with Crippen molar-refractivity contribution in [2.75, 3.05) is 38.2 Å². The van der Waals surface area contributed by atoms with E-state index in [4.69, 9.17) is 4.74 Å². The predicted molar refractivity (Wildman–Crippen MR) is 135 cm³/mol. The van der Waals surface area contributed by atoms with Crippen molar-refractivity contribution in [3.63, 3.8) is 0 Å². The van der Waals surface area contributed by atoms with E-state index in [2.05, 4.69) is 56.7 Å². The molecule has 3 rings (SSSR count). The van der Waals surface area contributed by atoms with Crippen LogP contribution < -0.4 is 15.5 Å². The van der Waals surface area contributed by atoms with Crippen LogP contribution in [0.3, 0.4) is 0 Å². The molecule has 1 saturated heterocycles. The zero-order valence-corrected chi connectivity index (χ0v) is 20.3. The molecule has 0 aliphatic carbocycles. The highest BCUT2D eigenvalue weighted by molar-refractivity contribution is 14.0. The molecule has 0 amide bonds. The average Bonchev–Trinajstić information content (AvgIpc) is 3.31. The molecule has 7 heteroatoms. The van der Waals surface area contributed by atoms with Crippen molar-refractivity contribution in [1.82, 2.24) is 15.6 Å². The molecule has 6 nitrogen and oxygen atoms in total. The molecule has 2 aromatic rings. The number of anilines is 1. The maximum atomic E-state index is 5.91. The first-order valence-corrected chi connectivity index (χ1v) is 10.6.